The van der Waals surface area contributed by atoms with Crippen molar-refractivity contribution in [3.63, 3.8) is 0 Å². The van der Waals surface area contributed by atoms with Crippen LogP contribution in [0.4, 0.5) is 0 Å². The first-order valence-electron chi connectivity index (χ1n) is 10.7. The highest BCUT2D eigenvalue weighted by Crippen LogP contribution is 2.32. The van der Waals surface area contributed by atoms with Crippen molar-refractivity contribution in [3.8, 4) is 11.3 Å². The molecule has 0 aliphatic rings. The number of hydrogen-bond donors (Lipinski definition) is 2. The predicted octanol–water partition coefficient (Wildman–Crippen LogP) is 5.83. The average Bonchev–Trinajstić information content (AvgIpc) is 3.48. The number of furan rings is 1. The summed E-state index contributed by atoms with van der Waals surface area (Å²) < 4.78 is 4.71. The molecule has 0 saturated carbocycles. The smallest absolute Gasteiger partial charge is 0.319 e. The molecule has 0 spiro atoms. The normalized spacial score (nSPS) is 11.7. The molecule has 2 N–H and O–H groups in total. The number of carboxylic acid groups (broad SMARTS) is 1. The fraction of sp³-hybridized carbons (Fsp3) is 0.231. The number of rotatable bonds is 10. The highest BCUT2D eigenvalue weighted by molar-refractivity contribution is 8.01. The van der Waals surface area contributed by atoms with Crippen LogP contribution in [0.3, 0.4) is 0 Å². The van der Waals surface area contributed by atoms with Crippen molar-refractivity contribution < 1.29 is 14.3 Å². The number of carbonyl (C=O) groups is 1. The maximum absolute atomic E-state index is 11.4. The summed E-state index contributed by atoms with van der Waals surface area (Å²) in [5.74, 6) is 0.950. The van der Waals surface area contributed by atoms with Crippen LogP contribution in [0.25, 0.3) is 11.3 Å². The van der Waals surface area contributed by atoms with E-state index in [4.69, 9.17) is 4.42 Å². The van der Waals surface area contributed by atoms with Gasteiger partial charge in [0.05, 0.1) is 31.2 Å². The fourth-order valence-electron chi connectivity index (χ4n) is 3.47. The van der Waals surface area contributed by atoms with Crippen molar-refractivity contribution in [2.45, 2.75) is 43.1 Å². The Morgan fingerprint density at radius 3 is 2.45 bits per heavy atom. The van der Waals surface area contributed by atoms with E-state index < -0.39 is 10.7 Å². The lowest BCUT2D eigenvalue weighted by Gasteiger charge is -2.21. The van der Waals surface area contributed by atoms with Crippen molar-refractivity contribution in [2.75, 3.05) is 0 Å². The summed E-state index contributed by atoms with van der Waals surface area (Å²) in [4.78, 5) is 22.6. The number of imidazole rings is 1. The van der Waals surface area contributed by atoms with Gasteiger partial charge in [-0.2, -0.15) is 0 Å². The predicted molar refractivity (Wildman–Crippen MR) is 130 cm³/mol. The number of hydrogen-bond acceptors (Lipinski definition) is 5. The molecule has 0 atom stereocenters. The molecule has 0 aliphatic carbocycles. The van der Waals surface area contributed by atoms with Crippen molar-refractivity contribution >= 4 is 17.7 Å². The lowest BCUT2D eigenvalue weighted by atomic mass is 10.2. The zero-order valence-electron chi connectivity index (χ0n) is 18.7. The molecular formula is C26H27N3O3S. The highest BCUT2D eigenvalue weighted by Gasteiger charge is 2.28. The average molecular weight is 462 g/mol. The van der Waals surface area contributed by atoms with Crippen LogP contribution in [0.5, 0.6) is 0 Å². The first kappa shape index (κ1) is 22.9. The third kappa shape index (κ3) is 6.15. The number of carboxylic acids is 1. The Hall–Kier alpha value is -3.29. The molecule has 2 heterocycles. The topological polar surface area (TPSA) is 82.4 Å². The maximum Gasteiger partial charge on any atom is 0.319 e. The molecular weight excluding hydrogens is 434 g/mol. The summed E-state index contributed by atoms with van der Waals surface area (Å²) in [6.45, 7) is 5.42. The number of aliphatic carboxylic acids is 1. The summed E-state index contributed by atoms with van der Waals surface area (Å²) in [6, 6.07) is 22.1. The molecule has 0 radical (unpaired) electrons. The van der Waals surface area contributed by atoms with E-state index in [1.807, 2.05) is 60.8 Å². The van der Waals surface area contributed by atoms with E-state index in [1.165, 1.54) is 11.8 Å². The first-order chi connectivity index (χ1) is 15.9. The third-order valence-corrected chi connectivity index (χ3v) is 6.46. The van der Waals surface area contributed by atoms with Gasteiger partial charge in [-0.25, -0.2) is 4.98 Å². The summed E-state index contributed by atoms with van der Waals surface area (Å²) in [5, 5.41) is 9.37. The Kier molecular flexibility index (Phi) is 7.01. The minimum Gasteiger partial charge on any atom is -0.480 e. The van der Waals surface area contributed by atoms with E-state index in [0.29, 0.717) is 19.6 Å². The lowest BCUT2D eigenvalue weighted by molar-refractivity contribution is -0.138. The molecule has 0 saturated heterocycles. The van der Waals surface area contributed by atoms with Gasteiger partial charge in [-0.05, 0) is 49.2 Å². The third-order valence-electron chi connectivity index (χ3n) is 5.26. The zero-order valence-corrected chi connectivity index (χ0v) is 19.5. The van der Waals surface area contributed by atoms with Crippen LogP contribution in [0.1, 0.15) is 31.0 Å². The molecule has 7 heteroatoms. The van der Waals surface area contributed by atoms with Crippen LogP contribution >= 0.6 is 11.8 Å². The maximum atomic E-state index is 11.4. The molecule has 0 aliphatic heterocycles. The van der Waals surface area contributed by atoms with Crippen molar-refractivity contribution in [1.82, 2.24) is 14.9 Å². The summed E-state index contributed by atoms with van der Waals surface area (Å²) in [5.41, 5.74) is 3.23. The highest BCUT2D eigenvalue weighted by atomic mass is 32.2. The van der Waals surface area contributed by atoms with Gasteiger partial charge in [-0.15, -0.1) is 11.8 Å². The van der Waals surface area contributed by atoms with Gasteiger partial charge >= 0.3 is 5.97 Å². The Labute approximate surface area is 197 Å². The number of aromatic nitrogens is 2. The van der Waals surface area contributed by atoms with Crippen LogP contribution in [0, 0.1) is 0 Å². The molecule has 2 aromatic heterocycles. The van der Waals surface area contributed by atoms with Gasteiger partial charge in [0.2, 0.25) is 0 Å². The molecule has 0 unspecified atom stereocenters. The molecule has 33 heavy (non-hydrogen) atoms. The van der Waals surface area contributed by atoms with Crippen LogP contribution < -0.4 is 0 Å². The van der Waals surface area contributed by atoms with Gasteiger partial charge < -0.3 is 14.5 Å². The summed E-state index contributed by atoms with van der Waals surface area (Å²) >= 11 is 1.35. The Morgan fingerprint density at radius 2 is 1.79 bits per heavy atom. The van der Waals surface area contributed by atoms with Crippen molar-refractivity contribution in [2.24, 2.45) is 0 Å². The molecule has 6 nitrogen and oxygen atoms in total. The number of nitrogens with zero attached hydrogens (tertiary/aromatic N) is 2. The number of aromatic amines is 1. The standard InChI is InChI=1S/C26H27N3O3S/c1-26(2,25(30)31)33-22-12-10-19(11-13-22)16-29(17-21-9-6-14-32-21)18-24-27-15-23(28-24)20-7-4-3-5-8-20/h3-15H,16-18H2,1-2H3,(H,27,28)(H,30,31). The van der Waals surface area contributed by atoms with Crippen LogP contribution in [0.2, 0.25) is 0 Å². The van der Waals surface area contributed by atoms with Gasteiger partial charge in [-0.3, -0.25) is 9.69 Å². The summed E-state index contributed by atoms with van der Waals surface area (Å²) in [7, 11) is 0. The second-order valence-corrected chi connectivity index (χ2v) is 10.1. The zero-order chi connectivity index (χ0) is 23.3. The minimum atomic E-state index is -0.872. The van der Waals surface area contributed by atoms with E-state index in [2.05, 4.69) is 27.0 Å². The minimum absolute atomic E-state index is 0.635. The van der Waals surface area contributed by atoms with Crippen LogP contribution in [-0.4, -0.2) is 30.7 Å². The summed E-state index contributed by atoms with van der Waals surface area (Å²) in [6.07, 6.45) is 3.55. The molecule has 4 aromatic rings. The monoisotopic (exact) mass is 461 g/mol. The second-order valence-electron chi connectivity index (χ2n) is 8.40. The molecule has 0 bridgehead atoms. The molecule has 0 fully saturated rings. The SMILES string of the molecule is CC(C)(Sc1ccc(CN(Cc2ncc(-c3ccccc3)[nH]2)Cc2ccco2)cc1)C(=O)O. The number of nitrogens with one attached hydrogen (secondary N) is 1. The first-order valence-corrected chi connectivity index (χ1v) is 11.6. The van der Waals surface area contributed by atoms with Gasteiger partial charge in [0.25, 0.3) is 0 Å². The molecule has 0 amide bonds. The van der Waals surface area contributed by atoms with Crippen molar-refractivity contribution in [1.29, 1.82) is 0 Å². The Bertz CT molecular complexity index is 1170. The van der Waals surface area contributed by atoms with Crippen LogP contribution in [-0.2, 0) is 24.4 Å². The number of H-pyrrole nitrogens is 1. The van der Waals surface area contributed by atoms with E-state index in [9.17, 15) is 9.90 Å². The fourth-order valence-corrected chi connectivity index (χ4v) is 4.42. The second kappa shape index (κ2) is 10.1. The van der Waals surface area contributed by atoms with Gasteiger partial charge in [0.15, 0.2) is 0 Å². The molecule has 2 aromatic carbocycles. The largest absolute Gasteiger partial charge is 0.480 e. The Morgan fingerprint density at radius 1 is 1.03 bits per heavy atom. The molecule has 170 valence electrons. The van der Waals surface area contributed by atoms with E-state index in [-0.39, 0.29) is 0 Å². The quantitative estimate of drug-likeness (QED) is 0.289. The van der Waals surface area contributed by atoms with E-state index in [0.717, 1.165) is 33.3 Å². The lowest BCUT2D eigenvalue weighted by Crippen LogP contribution is -2.26. The number of thioether (sulfide) groups is 1. The van der Waals surface area contributed by atoms with E-state index >= 15 is 0 Å². The van der Waals surface area contributed by atoms with Gasteiger partial charge in [-0.1, -0.05) is 42.5 Å². The van der Waals surface area contributed by atoms with E-state index in [1.54, 1.807) is 20.1 Å². The molecule has 4 rings (SSSR count). The van der Waals surface area contributed by atoms with Gasteiger partial charge in [0.1, 0.15) is 16.3 Å². The van der Waals surface area contributed by atoms with Crippen LogP contribution in [0.15, 0.2) is 88.5 Å². The Balaban J connectivity index is 1.47. The van der Waals surface area contributed by atoms with Crippen molar-refractivity contribution in [3.05, 3.63) is 96.3 Å². The van der Waals surface area contributed by atoms with Gasteiger partial charge in [0, 0.05) is 11.4 Å². The number of benzene rings is 2.